The molecule has 1 fully saturated rings. The number of aryl methyl sites for hydroxylation is 1. The van der Waals surface area contributed by atoms with E-state index in [1.54, 1.807) is 0 Å². The molecule has 3 rings (SSSR count). The molecule has 1 aliphatic rings. The van der Waals surface area contributed by atoms with Gasteiger partial charge in [-0.2, -0.15) is 0 Å². The lowest BCUT2D eigenvalue weighted by molar-refractivity contribution is -0.132. The van der Waals surface area contributed by atoms with Crippen molar-refractivity contribution in [3.63, 3.8) is 0 Å². The van der Waals surface area contributed by atoms with Crippen LogP contribution in [0.3, 0.4) is 0 Å². The van der Waals surface area contributed by atoms with Crippen molar-refractivity contribution in [3.8, 4) is 0 Å². The van der Waals surface area contributed by atoms with Gasteiger partial charge in [0.2, 0.25) is 5.91 Å². The lowest BCUT2D eigenvalue weighted by Gasteiger charge is -2.33. The van der Waals surface area contributed by atoms with Crippen molar-refractivity contribution in [2.75, 3.05) is 17.3 Å². The molecule has 8 heteroatoms. The quantitative estimate of drug-likeness (QED) is 0.539. The van der Waals surface area contributed by atoms with Crippen molar-refractivity contribution in [3.05, 3.63) is 24.3 Å². The van der Waals surface area contributed by atoms with E-state index in [0.29, 0.717) is 12.3 Å². The highest BCUT2D eigenvalue weighted by atomic mass is 32.2. The molecule has 166 valence electrons. The van der Waals surface area contributed by atoms with Crippen LogP contribution in [-0.2, 0) is 21.2 Å². The molecule has 1 aromatic heterocycles. The molecule has 1 saturated heterocycles. The van der Waals surface area contributed by atoms with Gasteiger partial charge in [0.1, 0.15) is 0 Å². The van der Waals surface area contributed by atoms with E-state index >= 15 is 0 Å². The Kier molecular flexibility index (Phi) is 7.50. The smallest absolute Gasteiger partial charge is 0.233 e. The first-order chi connectivity index (χ1) is 14.2. The minimum atomic E-state index is -3.04. The number of aromatic nitrogens is 2. The van der Waals surface area contributed by atoms with Crippen molar-refractivity contribution in [2.24, 2.45) is 5.92 Å². The Morgan fingerprint density at radius 3 is 2.67 bits per heavy atom. The highest BCUT2D eigenvalue weighted by molar-refractivity contribution is 7.99. The molecule has 0 aliphatic carbocycles. The molecule has 1 aromatic carbocycles. The minimum absolute atomic E-state index is 0.00100. The van der Waals surface area contributed by atoms with Crippen molar-refractivity contribution in [1.29, 1.82) is 0 Å². The van der Waals surface area contributed by atoms with Crippen LogP contribution < -0.4 is 0 Å². The first-order valence-electron chi connectivity index (χ1n) is 10.8. The molecule has 1 amide bonds. The topological polar surface area (TPSA) is 72.3 Å². The zero-order valence-electron chi connectivity index (χ0n) is 18.4. The van der Waals surface area contributed by atoms with Crippen LogP contribution in [0.25, 0.3) is 11.0 Å². The molecule has 2 heterocycles. The summed E-state index contributed by atoms with van der Waals surface area (Å²) in [5.74, 6) is 1.11. The van der Waals surface area contributed by atoms with Gasteiger partial charge in [0.25, 0.3) is 0 Å². The molecule has 0 spiro atoms. The summed E-state index contributed by atoms with van der Waals surface area (Å²) in [5, 5.41) is 0.855. The Balaban J connectivity index is 1.78. The second-order valence-corrected chi connectivity index (χ2v) is 11.8. The number of hydrogen-bond donors (Lipinski definition) is 0. The average molecular weight is 452 g/mol. The maximum absolute atomic E-state index is 13.2. The fourth-order valence-corrected chi connectivity index (χ4v) is 6.59. The highest BCUT2D eigenvalue weighted by Crippen LogP contribution is 2.27. The molecule has 2 aromatic rings. The Labute approximate surface area is 184 Å². The van der Waals surface area contributed by atoms with Crippen LogP contribution in [0.15, 0.2) is 29.4 Å². The molecule has 2 atom stereocenters. The van der Waals surface area contributed by atoms with Crippen LogP contribution in [0.2, 0.25) is 0 Å². The lowest BCUT2D eigenvalue weighted by atomic mass is 10.1. The van der Waals surface area contributed by atoms with E-state index in [2.05, 4.69) is 24.5 Å². The largest absolute Gasteiger partial charge is 0.335 e. The fraction of sp³-hybridized carbons (Fsp3) is 0.636. The molecule has 0 bridgehead atoms. The number of benzene rings is 1. The third-order valence-corrected chi connectivity index (χ3v) is 8.54. The van der Waals surface area contributed by atoms with Crippen LogP contribution in [0.1, 0.15) is 47.0 Å². The van der Waals surface area contributed by atoms with Crippen LogP contribution in [-0.4, -0.2) is 58.1 Å². The number of fused-ring (bicyclic) bond motifs is 1. The van der Waals surface area contributed by atoms with Crippen molar-refractivity contribution >= 4 is 38.5 Å². The van der Waals surface area contributed by atoms with Gasteiger partial charge in [0.05, 0.1) is 28.3 Å². The number of thioether (sulfide) groups is 1. The summed E-state index contributed by atoms with van der Waals surface area (Å²) in [6, 6.07) is 7.88. The van der Waals surface area contributed by atoms with E-state index in [-0.39, 0.29) is 35.2 Å². The predicted molar refractivity (Wildman–Crippen MR) is 124 cm³/mol. The summed E-state index contributed by atoms with van der Waals surface area (Å²) in [7, 11) is -3.04. The van der Waals surface area contributed by atoms with E-state index in [4.69, 9.17) is 4.98 Å². The van der Waals surface area contributed by atoms with Gasteiger partial charge in [-0.15, -0.1) is 0 Å². The first kappa shape index (κ1) is 23.1. The van der Waals surface area contributed by atoms with Crippen LogP contribution in [0.4, 0.5) is 0 Å². The van der Waals surface area contributed by atoms with Gasteiger partial charge in [0, 0.05) is 18.6 Å². The molecular formula is C22H33N3O3S2. The van der Waals surface area contributed by atoms with E-state index in [9.17, 15) is 13.2 Å². The van der Waals surface area contributed by atoms with Gasteiger partial charge in [-0.25, -0.2) is 13.4 Å². The molecule has 0 radical (unpaired) electrons. The van der Waals surface area contributed by atoms with Crippen molar-refractivity contribution in [2.45, 2.75) is 70.7 Å². The van der Waals surface area contributed by atoms with Crippen LogP contribution in [0.5, 0.6) is 0 Å². The number of carbonyl (C=O) groups excluding carboxylic acids is 1. The van der Waals surface area contributed by atoms with Crippen LogP contribution in [0, 0.1) is 5.92 Å². The van der Waals surface area contributed by atoms with Crippen molar-refractivity contribution in [1.82, 2.24) is 14.5 Å². The van der Waals surface area contributed by atoms with E-state index < -0.39 is 9.84 Å². The van der Waals surface area contributed by atoms with Gasteiger partial charge in [-0.05, 0) is 44.2 Å². The fourth-order valence-electron chi connectivity index (χ4n) is 3.97. The number of rotatable bonds is 9. The second-order valence-electron chi connectivity index (χ2n) is 8.62. The molecule has 1 aliphatic heterocycles. The standard InChI is InChI=1S/C22H33N3O3S2/c1-5-17(4)25(18-11-13-30(27,28)15-18)21(26)14-29-22-23-19-8-6-7-9-20(19)24(22)12-10-16(2)3/h6-9,16-18H,5,10-15H2,1-4H3/t17-,18-/m1/s1. The maximum Gasteiger partial charge on any atom is 0.233 e. The summed E-state index contributed by atoms with van der Waals surface area (Å²) in [6.07, 6.45) is 2.39. The SMILES string of the molecule is CC[C@@H](C)N(C(=O)CSc1nc2ccccc2n1CCC(C)C)[C@@H]1CCS(=O)(=O)C1. The zero-order valence-corrected chi connectivity index (χ0v) is 20.0. The molecule has 30 heavy (non-hydrogen) atoms. The van der Waals surface area contributed by atoms with Gasteiger partial charge < -0.3 is 9.47 Å². The third-order valence-electron chi connectivity index (χ3n) is 5.83. The maximum atomic E-state index is 13.2. The lowest BCUT2D eigenvalue weighted by Crippen LogP contribution is -2.47. The normalized spacial score (nSPS) is 19.4. The number of hydrogen-bond acceptors (Lipinski definition) is 5. The number of imidazole rings is 1. The van der Waals surface area contributed by atoms with Gasteiger partial charge in [-0.1, -0.05) is 44.7 Å². The van der Waals surface area contributed by atoms with E-state index in [1.807, 2.05) is 36.9 Å². The summed E-state index contributed by atoms with van der Waals surface area (Å²) < 4.78 is 26.2. The summed E-state index contributed by atoms with van der Waals surface area (Å²) in [4.78, 5) is 19.8. The number of para-hydroxylation sites is 2. The molecule has 0 N–H and O–H groups in total. The number of nitrogens with zero attached hydrogens (tertiary/aromatic N) is 3. The molecule has 0 saturated carbocycles. The number of carbonyl (C=O) groups is 1. The Hall–Kier alpha value is -1.54. The van der Waals surface area contributed by atoms with Gasteiger partial charge >= 0.3 is 0 Å². The third kappa shape index (κ3) is 5.38. The van der Waals surface area contributed by atoms with Gasteiger partial charge in [-0.3, -0.25) is 4.79 Å². The highest BCUT2D eigenvalue weighted by Gasteiger charge is 2.36. The Bertz CT molecular complexity index is 985. The van der Waals surface area contributed by atoms with Gasteiger partial charge in [0.15, 0.2) is 15.0 Å². The molecular weight excluding hydrogens is 418 g/mol. The predicted octanol–water partition coefficient (Wildman–Crippen LogP) is 3.99. The second kappa shape index (κ2) is 9.73. The first-order valence-corrected chi connectivity index (χ1v) is 13.6. The minimum Gasteiger partial charge on any atom is -0.335 e. The van der Waals surface area contributed by atoms with E-state index in [1.165, 1.54) is 11.8 Å². The zero-order chi connectivity index (χ0) is 21.9. The number of sulfone groups is 1. The monoisotopic (exact) mass is 451 g/mol. The van der Waals surface area contributed by atoms with Crippen molar-refractivity contribution < 1.29 is 13.2 Å². The van der Waals surface area contributed by atoms with Crippen LogP contribution >= 0.6 is 11.8 Å². The molecule has 0 unspecified atom stereocenters. The molecule has 6 nitrogen and oxygen atoms in total. The summed E-state index contributed by atoms with van der Waals surface area (Å²) in [6.45, 7) is 9.31. The summed E-state index contributed by atoms with van der Waals surface area (Å²) in [5.41, 5.74) is 2.03. The summed E-state index contributed by atoms with van der Waals surface area (Å²) >= 11 is 1.46. The Morgan fingerprint density at radius 2 is 2.03 bits per heavy atom. The number of amides is 1. The Morgan fingerprint density at radius 1 is 1.30 bits per heavy atom. The average Bonchev–Trinajstić information content (AvgIpc) is 3.23. The van der Waals surface area contributed by atoms with E-state index in [0.717, 1.165) is 35.6 Å².